The van der Waals surface area contributed by atoms with Crippen molar-refractivity contribution in [2.75, 3.05) is 6.54 Å². The van der Waals surface area contributed by atoms with Crippen LogP contribution in [0.5, 0.6) is 0 Å². The number of nitrogens with one attached hydrogen (secondary N) is 1. The summed E-state index contributed by atoms with van der Waals surface area (Å²) >= 11 is 6.13. The standard InChI is InChI=1S/C12H15ClN4O/c1-8(13)12-16-10-7-14-4-3-11(10)17(12)6-5-15-9(2)18/h3-4,7-8H,5-6H2,1-2H3,(H,15,18). The fraction of sp³-hybridized carbons (Fsp3) is 0.417. The first kappa shape index (κ1) is 12.8. The van der Waals surface area contributed by atoms with Gasteiger partial charge in [0.25, 0.3) is 0 Å². The molecule has 0 saturated carbocycles. The van der Waals surface area contributed by atoms with Crippen molar-refractivity contribution in [1.82, 2.24) is 19.9 Å². The van der Waals surface area contributed by atoms with E-state index in [1.54, 1.807) is 12.4 Å². The number of rotatable bonds is 4. The Morgan fingerprint density at radius 2 is 2.39 bits per heavy atom. The van der Waals surface area contributed by atoms with Crippen molar-refractivity contribution in [3.63, 3.8) is 0 Å². The van der Waals surface area contributed by atoms with Gasteiger partial charge in [0.2, 0.25) is 5.91 Å². The van der Waals surface area contributed by atoms with Crippen LogP contribution in [0.2, 0.25) is 0 Å². The van der Waals surface area contributed by atoms with Crippen LogP contribution >= 0.6 is 11.6 Å². The summed E-state index contributed by atoms with van der Waals surface area (Å²) in [5, 5.41) is 2.58. The number of nitrogens with zero attached hydrogens (tertiary/aromatic N) is 3. The zero-order valence-corrected chi connectivity index (χ0v) is 11.1. The van der Waals surface area contributed by atoms with Gasteiger partial charge in [-0.25, -0.2) is 4.98 Å². The molecule has 0 spiro atoms. The second-order valence-electron chi connectivity index (χ2n) is 4.08. The molecule has 0 aliphatic carbocycles. The molecule has 5 nitrogen and oxygen atoms in total. The van der Waals surface area contributed by atoms with Crippen LogP contribution in [-0.4, -0.2) is 27.0 Å². The number of hydrogen-bond donors (Lipinski definition) is 1. The summed E-state index contributed by atoms with van der Waals surface area (Å²) in [5.74, 6) is 0.756. The minimum absolute atomic E-state index is 0.0402. The summed E-state index contributed by atoms with van der Waals surface area (Å²) in [7, 11) is 0. The third-order valence-corrected chi connectivity index (χ3v) is 2.84. The molecule has 1 atom stereocenters. The monoisotopic (exact) mass is 266 g/mol. The Morgan fingerprint density at radius 3 is 3.06 bits per heavy atom. The van der Waals surface area contributed by atoms with Gasteiger partial charge >= 0.3 is 0 Å². The van der Waals surface area contributed by atoms with Crippen LogP contribution in [-0.2, 0) is 11.3 Å². The van der Waals surface area contributed by atoms with Crippen molar-refractivity contribution >= 4 is 28.5 Å². The highest BCUT2D eigenvalue weighted by molar-refractivity contribution is 6.20. The number of carbonyl (C=O) groups is 1. The average molecular weight is 267 g/mol. The number of imidazole rings is 1. The van der Waals surface area contributed by atoms with Gasteiger partial charge < -0.3 is 9.88 Å². The van der Waals surface area contributed by atoms with Crippen LogP contribution in [0.25, 0.3) is 11.0 Å². The van der Waals surface area contributed by atoms with Gasteiger partial charge in [0.05, 0.1) is 17.1 Å². The summed E-state index contributed by atoms with van der Waals surface area (Å²) in [6.07, 6.45) is 3.44. The molecule has 1 unspecified atom stereocenters. The van der Waals surface area contributed by atoms with Crippen molar-refractivity contribution in [1.29, 1.82) is 0 Å². The van der Waals surface area contributed by atoms with E-state index in [1.807, 2.05) is 17.6 Å². The van der Waals surface area contributed by atoms with E-state index in [0.29, 0.717) is 13.1 Å². The van der Waals surface area contributed by atoms with Gasteiger partial charge in [0.15, 0.2) is 0 Å². The zero-order chi connectivity index (χ0) is 13.1. The molecule has 0 bridgehead atoms. The first-order valence-corrected chi connectivity index (χ1v) is 6.22. The highest BCUT2D eigenvalue weighted by Crippen LogP contribution is 2.23. The SMILES string of the molecule is CC(=O)NCCn1c(C(C)Cl)nc2cnccc21. The van der Waals surface area contributed by atoms with E-state index in [9.17, 15) is 4.79 Å². The summed E-state index contributed by atoms with van der Waals surface area (Å²) < 4.78 is 2.02. The number of hydrogen-bond acceptors (Lipinski definition) is 3. The number of halogens is 1. The Morgan fingerprint density at radius 1 is 1.61 bits per heavy atom. The second kappa shape index (κ2) is 5.35. The van der Waals surface area contributed by atoms with Gasteiger partial charge in [-0.1, -0.05) is 0 Å². The number of aromatic nitrogens is 3. The molecule has 18 heavy (non-hydrogen) atoms. The molecule has 0 aliphatic rings. The van der Waals surface area contributed by atoms with E-state index in [0.717, 1.165) is 16.9 Å². The van der Waals surface area contributed by atoms with E-state index in [-0.39, 0.29) is 11.3 Å². The van der Waals surface area contributed by atoms with E-state index >= 15 is 0 Å². The normalized spacial score (nSPS) is 12.6. The number of carbonyl (C=O) groups excluding carboxylic acids is 1. The zero-order valence-electron chi connectivity index (χ0n) is 10.4. The van der Waals surface area contributed by atoms with E-state index < -0.39 is 0 Å². The molecule has 0 radical (unpaired) electrons. The molecule has 2 aromatic heterocycles. The molecular formula is C12H15ClN4O. The van der Waals surface area contributed by atoms with E-state index in [2.05, 4.69) is 15.3 Å². The Kier molecular flexibility index (Phi) is 3.81. The molecule has 2 heterocycles. The fourth-order valence-corrected chi connectivity index (χ4v) is 2.05. The predicted molar refractivity (Wildman–Crippen MR) is 70.5 cm³/mol. The molecule has 6 heteroatoms. The Labute approximate surface area is 110 Å². The quantitative estimate of drug-likeness (QED) is 0.860. The lowest BCUT2D eigenvalue weighted by Gasteiger charge is -2.10. The predicted octanol–water partition coefficient (Wildman–Crippen LogP) is 1.87. The maximum Gasteiger partial charge on any atom is 0.216 e. The molecule has 0 aliphatic heterocycles. The van der Waals surface area contributed by atoms with Crippen molar-refractivity contribution in [3.8, 4) is 0 Å². The number of amides is 1. The topological polar surface area (TPSA) is 59.8 Å². The third kappa shape index (κ3) is 2.61. The summed E-state index contributed by atoms with van der Waals surface area (Å²) in [4.78, 5) is 19.4. The summed E-state index contributed by atoms with van der Waals surface area (Å²) in [5.41, 5.74) is 1.81. The molecule has 1 N–H and O–H groups in total. The van der Waals surface area contributed by atoms with Crippen LogP contribution in [0.15, 0.2) is 18.5 Å². The minimum atomic E-state index is -0.185. The molecule has 2 aromatic rings. The van der Waals surface area contributed by atoms with Gasteiger partial charge in [0.1, 0.15) is 11.3 Å². The van der Waals surface area contributed by atoms with Crippen molar-refractivity contribution in [2.24, 2.45) is 0 Å². The minimum Gasteiger partial charge on any atom is -0.355 e. The molecule has 2 rings (SSSR count). The van der Waals surface area contributed by atoms with Gasteiger partial charge in [-0.2, -0.15) is 0 Å². The van der Waals surface area contributed by atoms with Crippen molar-refractivity contribution in [3.05, 3.63) is 24.3 Å². The van der Waals surface area contributed by atoms with Crippen LogP contribution in [0.4, 0.5) is 0 Å². The highest BCUT2D eigenvalue weighted by atomic mass is 35.5. The summed E-state index contributed by atoms with van der Waals surface area (Å²) in [6, 6.07) is 1.90. The average Bonchev–Trinajstić information content (AvgIpc) is 2.68. The van der Waals surface area contributed by atoms with Crippen molar-refractivity contribution in [2.45, 2.75) is 25.8 Å². The fourth-order valence-electron chi connectivity index (χ4n) is 1.88. The lowest BCUT2D eigenvalue weighted by molar-refractivity contribution is -0.118. The first-order valence-electron chi connectivity index (χ1n) is 5.78. The van der Waals surface area contributed by atoms with Gasteiger partial charge in [-0.3, -0.25) is 9.78 Å². The second-order valence-corrected chi connectivity index (χ2v) is 4.74. The largest absolute Gasteiger partial charge is 0.355 e. The number of alkyl halides is 1. The smallest absolute Gasteiger partial charge is 0.216 e. The molecular weight excluding hydrogens is 252 g/mol. The highest BCUT2D eigenvalue weighted by Gasteiger charge is 2.14. The van der Waals surface area contributed by atoms with E-state index in [4.69, 9.17) is 11.6 Å². The van der Waals surface area contributed by atoms with Gasteiger partial charge in [-0.05, 0) is 13.0 Å². The molecule has 96 valence electrons. The molecule has 0 saturated heterocycles. The maximum atomic E-state index is 10.9. The van der Waals surface area contributed by atoms with Crippen LogP contribution in [0.1, 0.15) is 25.0 Å². The number of pyridine rings is 1. The lowest BCUT2D eigenvalue weighted by atomic mass is 10.4. The Balaban J connectivity index is 2.33. The van der Waals surface area contributed by atoms with Crippen LogP contribution in [0.3, 0.4) is 0 Å². The molecule has 1 amide bonds. The van der Waals surface area contributed by atoms with Crippen molar-refractivity contribution < 1.29 is 4.79 Å². The molecule has 0 aromatic carbocycles. The van der Waals surface area contributed by atoms with Crippen LogP contribution in [0, 0.1) is 0 Å². The lowest BCUT2D eigenvalue weighted by Crippen LogP contribution is -2.25. The van der Waals surface area contributed by atoms with Crippen LogP contribution < -0.4 is 5.32 Å². The maximum absolute atomic E-state index is 10.9. The Bertz CT molecular complexity index is 564. The molecule has 0 fully saturated rings. The third-order valence-electron chi connectivity index (χ3n) is 2.65. The number of fused-ring (bicyclic) bond motifs is 1. The van der Waals surface area contributed by atoms with Gasteiger partial charge in [-0.15, -0.1) is 11.6 Å². The summed E-state index contributed by atoms with van der Waals surface area (Å²) in [6.45, 7) is 4.58. The Hall–Kier alpha value is -1.62. The first-order chi connectivity index (χ1) is 8.59. The van der Waals surface area contributed by atoms with E-state index in [1.165, 1.54) is 6.92 Å². The van der Waals surface area contributed by atoms with Gasteiger partial charge in [0, 0.05) is 26.2 Å².